The van der Waals surface area contributed by atoms with Gasteiger partial charge in [0.25, 0.3) is 0 Å². The lowest BCUT2D eigenvalue weighted by Gasteiger charge is -2.11. The second-order valence-electron chi connectivity index (χ2n) is 3.28. The first kappa shape index (κ1) is 12.6. The van der Waals surface area contributed by atoms with Gasteiger partial charge in [-0.15, -0.1) is 11.8 Å². The Kier molecular flexibility index (Phi) is 4.37. The van der Waals surface area contributed by atoms with Gasteiger partial charge in [-0.05, 0) is 19.1 Å². The number of thioether (sulfide) groups is 1. The summed E-state index contributed by atoms with van der Waals surface area (Å²) >= 11 is 1.21. The first-order chi connectivity index (χ1) is 7.50. The van der Waals surface area contributed by atoms with Gasteiger partial charge in [0.2, 0.25) is 5.91 Å². The molecule has 2 N–H and O–H groups in total. The summed E-state index contributed by atoms with van der Waals surface area (Å²) in [6, 6.07) is 7.14. The van der Waals surface area contributed by atoms with E-state index in [1.165, 1.54) is 18.7 Å². The number of rotatable bonds is 4. The van der Waals surface area contributed by atoms with Gasteiger partial charge in [-0.25, -0.2) is 0 Å². The number of nitrogens with one attached hydrogen (secondary N) is 1. The molecule has 1 amide bonds. The largest absolute Gasteiger partial charge is 0.480 e. The summed E-state index contributed by atoms with van der Waals surface area (Å²) in [4.78, 5) is 22.4. The lowest BCUT2D eigenvalue weighted by atomic mass is 10.3. The van der Waals surface area contributed by atoms with Crippen LogP contribution in [0.4, 0.5) is 5.69 Å². The third kappa shape index (κ3) is 3.58. The van der Waals surface area contributed by atoms with Crippen LogP contribution >= 0.6 is 11.8 Å². The van der Waals surface area contributed by atoms with Gasteiger partial charge in [-0.2, -0.15) is 0 Å². The van der Waals surface area contributed by atoms with Crippen molar-refractivity contribution in [1.82, 2.24) is 0 Å². The molecular formula is C11H13NO3S. The Balaban J connectivity index is 2.86. The Morgan fingerprint density at radius 2 is 2.00 bits per heavy atom. The summed E-state index contributed by atoms with van der Waals surface area (Å²) in [5.74, 6) is -1.04. The van der Waals surface area contributed by atoms with Crippen LogP contribution in [0.5, 0.6) is 0 Å². The number of carboxylic acid groups (broad SMARTS) is 1. The summed E-state index contributed by atoms with van der Waals surface area (Å²) in [6.07, 6.45) is 0. The molecule has 0 aliphatic carbocycles. The molecule has 0 saturated carbocycles. The fourth-order valence-corrected chi connectivity index (χ4v) is 1.99. The highest BCUT2D eigenvalue weighted by atomic mass is 32.2. The Hall–Kier alpha value is -1.49. The number of aliphatic carboxylic acids is 1. The highest BCUT2D eigenvalue weighted by Crippen LogP contribution is 2.30. The van der Waals surface area contributed by atoms with Crippen LogP contribution in [-0.4, -0.2) is 22.2 Å². The van der Waals surface area contributed by atoms with Crippen LogP contribution in [0.25, 0.3) is 0 Å². The van der Waals surface area contributed by atoms with Crippen LogP contribution in [0.15, 0.2) is 29.2 Å². The van der Waals surface area contributed by atoms with E-state index >= 15 is 0 Å². The predicted molar refractivity (Wildman–Crippen MR) is 63.7 cm³/mol. The van der Waals surface area contributed by atoms with Gasteiger partial charge in [0.05, 0.1) is 5.69 Å². The molecule has 0 bridgehead atoms. The summed E-state index contributed by atoms with van der Waals surface area (Å²) in [6.45, 7) is 3.03. The second-order valence-corrected chi connectivity index (χ2v) is 4.66. The van der Waals surface area contributed by atoms with Crippen molar-refractivity contribution in [3.8, 4) is 0 Å². The minimum Gasteiger partial charge on any atom is -0.480 e. The van der Waals surface area contributed by atoms with Gasteiger partial charge >= 0.3 is 5.97 Å². The van der Waals surface area contributed by atoms with Crippen LogP contribution < -0.4 is 5.32 Å². The minimum absolute atomic E-state index is 0.170. The first-order valence-electron chi connectivity index (χ1n) is 4.77. The van der Waals surface area contributed by atoms with E-state index in [1.807, 2.05) is 6.07 Å². The van der Waals surface area contributed by atoms with Gasteiger partial charge in [-0.3, -0.25) is 9.59 Å². The number of carbonyl (C=O) groups excluding carboxylic acids is 1. The number of hydrogen-bond donors (Lipinski definition) is 2. The molecule has 0 aromatic heterocycles. The summed E-state index contributed by atoms with van der Waals surface area (Å²) < 4.78 is 0. The quantitative estimate of drug-likeness (QED) is 0.790. The molecular weight excluding hydrogens is 226 g/mol. The smallest absolute Gasteiger partial charge is 0.316 e. The van der Waals surface area contributed by atoms with Crippen molar-refractivity contribution in [3.63, 3.8) is 0 Å². The maximum absolute atomic E-state index is 10.9. The van der Waals surface area contributed by atoms with Crippen molar-refractivity contribution >= 4 is 29.3 Å². The number of hydrogen-bond acceptors (Lipinski definition) is 3. The van der Waals surface area contributed by atoms with Crippen molar-refractivity contribution < 1.29 is 14.7 Å². The van der Waals surface area contributed by atoms with E-state index in [-0.39, 0.29) is 5.91 Å². The maximum atomic E-state index is 10.9. The molecule has 0 saturated heterocycles. The average Bonchev–Trinajstić information content (AvgIpc) is 2.20. The van der Waals surface area contributed by atoms with Crippen molar-refractivity contribution in [3.05, 3.63) is 24.3 Å². The molecule has 16 heavy (non-hydrogen) atoms. The van der Waals surface area contributed by atoms with Crippen LogP contribution in [0.3, 0.4) is 0 Å². The average molecular weight is 239 g/mol. The van der Waals surface area contributed by atoms with Crippen LogP contribution in [0.1, 0.15) is 13.8 Å². The van der Waals surface area contributed by atoms with Crippen LogP contribution in [0, 0.1) is 0 Å². The molecule has 5 heteroatoms. The molecule has 1 aromatic rings. The summed E-state index contributed by atoms with van der Waals surface area (Å²) in [7, 11) is 0. The Morgan fingerprint density at radius 1 is 1.38 bits per heavy atom. The molecule has 1 atom stereocenters. The van der Waals surface area contributed by atoms with Gasteiger partial charge in [0.15, 0.2) is 0 Å². The zero-order chi connectivity index (χ0) is 12.1. The monoisotopic (exact) mass is 239 g/mol. The molecule has 0 heterocycles. The SMILES string of the molecule is CC(=O)Nc1ccccc1SC(C)C(=O)O. The lowest BCUT2D eigenvalue weighted by Crippen LogP contribution is -2.12. The van der Waals surface area contributed by atoms with E-state index in [4.69, 9.17) is 5.11 Å². The number of carbonyl (C=O) groups is 2. The van der Waals surface area contributed by atoms with E-state index in [9.17, 15) is 9.59 Å². The van der Waals surface area contributed by atoms with Crippen LogP contribution in [-0.2, 0) is 9.59 Å². The molecule has 86 valence electrons. The Morgan fingerprint density at radius 3 is 2.56 bits per heavy atom. The van der Waals surface area contributed by atoms with Crippen molar-refractivity contribution in [2.75, 3.05) is 5.32 Å². The minimum atomic E-state index is -0.873. The van der Waals surface area contributed by atoms with E-state index in [2.05, 4.69) is 5.32 Å². The van der Waals surface area contributed by atoms with E-state index in [1.54, 1.807) is 25.1 Å². The topological polar surface area (TPSA) is 66.4 Å². The lowest BCUT2D eigenvalue weighted by molar-refractivity contribution is -0.136. The molecule has 0 aliphatic rings. The standard InChI is InChI=1S/C11H13NO3S/c1-7(11(14)15)16-10-6-4-3-5-9(10)12-8(2)13/h3-7H,1-2H3,(H,12,13)(H,14,15). The molecule has 4 nitrogen and oxygen atoms in total. The number of para-hydroxylation sites is 1. The van der Waals surface area contributed by atoms with Crippen LogP contribution in [0.2, 0.25) is 0 Å². The molecule has 0 aliphatic heterocycles. The highest BCUT2D eigenvalue weighted by molar-refractivity contribution is 8.00. The van der Waals surface area contributed by atoms with Crippen molar-refractivity contribution in [1.29, 1.82) is 0 Å². The number of carboxylic acids is 1. The number of benzene rings is 1. The van der Waals surface area contributed by atoms with Gasteiger partial charge < -0.3 is 10.4 Å². The van der Waals surface area contributed by atoms with E-state index in [0.29, 0.717) is 5.69 Å². The fourth-order valence-electron chi connectivity index (χ4n) is 1.10. The van der Waals surface area contributed by atoms with Gasteiger partial charge in [-0.1, -0.05) is 12.1 Å². The highest BCUT2D eigenvalue weighted by Gasteiger charge is 2.14. The van der Waals surface area contributed by atoms with E-state index in [0.717, 1.165) is 4.90 Å². The molecule has 1 aromatic carbocycles. The molecule has 1 rings (SSSR count). The normalized spacial score (nSPS) is 11.9. The van der Waals surface area contributed by atoms with Gasteiger partial charge in [0.1, 0.15) is 5.25 Å². The number of anilines is 1. The molecule has 0 fully saturated rings. The predicted octanol–water partition coefficient (Wildman–Crippen LogP) is 2.21. The second kappa shape index (κ2) is 5.55. The van der Waals surface area contributed by atoms with Crippen molar-refractivity contribution in [2.45, 2.75) is 24.0 Å². The molecule has 1 unspecified atom stereocenters. The molecule has 0 spiro atoms. The maximum Gasteiger partial charge on any atom is 0.316 e. The molecule has 0 radical (unpaired) electrons. The zero-order valence-electron chi connectivity index (χ0n) is 9.06. The summed E-state index contributed by atoms with van der Waals surface area (Å²) in [5, 5.41) is 10.9. The zero-order valence-corrected chi connectivity index (χ0v) is 9.88. The van der Waals surface area contributed by atoms with Gasteiger partial charge in [0, 0.05) is 11.8 Å². The van der Waals surface area contributed by atoms with E-state index < -0.39 is 11.2 Å². The number of amides is 1. The fraction of sp³-hybridized carbons (Fsp3) is 0.273. The Bertz CT molecular complexity index is 406. The first-order valence-corrected chi connectivity index (χ1v) is 5.64. The third-order valence-corrected chi connectivity index (χ3v) is 3.01. The third-order valence-electron chi connectivity index (χ3n) is 1.85. The Labute approximate surface area is 98.0 Å². The van der Waals surface area contributed by atoms with Crippen molar-refractivity contribution in [2.24, 2.45) is 0 Å². The summed E-state index contributed by atoms with van der Waals surface area (Å²) in [5.41, 5.74) is 0.646.